The molecule has 0 aliphatic rings. The first-order valence-corrected chi connectivity index (χ1v) is 7.87. The summed E-state index contributed by atoms with van der Waals surface area (Å²) < 4.78 is 6.18. The van der Waals surface area contributed by atoms with Crippen LogP contribution in [0.15, 0.2) is 53.0 Å². The summed E-state index contributed by atoms with van der Waals surface area (Å²) in [6.07, 6.45) is 0.812. The van der Waals surface area contributed by atoms with E-state index in [0.29, 0.717) is 6.54 Å². The van der Waals surface area contributed by atoms with E-state index in [-0.39, 0.29) is 12.5 Å². The quantitative estimate of drug-likeness (QED) is 0.743. The highest BCUT2D eigenvalue weighted by Gasteiger charge is 2.05. The number of anilines is 1. The predicted octanol–water partition coefficient (Wildman–Crippen LogP) is 3.23. The highest BCUT2D eigenvalue weighted by atomic mass is 79.9. The second-order valence-electron chi connectivity index (χ2n) is 4.77. The van der Waals surface area contributed by atoms with Gasteiger partial charge >= 0.3 is 0 Å². The molecule has 5 heteroatoms. The fourth-order valence-electron chi connectivity index (χ4n) is 2.09. The number of carbonyl (C=O) groups excluding carboxylic acids is 1. The van der Waals surface area contributed by atoms with E-state index in [4.69, 9.17) is 4.74 Å². The lowest BCUT2D eigenvalue weighted by atomic mass is 10.1. The van der Waals surface area contributed by atoms with Crippen LogP contribution in [0.2, 0.25) is 0 Å². The number of benzene rings is 2. The number of methoxy groups -OCH3 is 1. The number of halogens is 1. The highest BCUT2D eigenvalue weighted by Crippen LogP contribution is 2.20. The number of hydrogen-bond donors (Lipinski definition) is 2. The van der Waals surface area contributed by atoms with Crippen molar-refractivity contribution in [3.63, 3.8) is 0 Å². The molecule has 2 aromatic rings. The highest BCUT2D eigenvalue weighted by molar-refractivity contribution is 9.10. The normalized spacial score (nSPS) is 10.3. The molecule has 0 unspecified atom stereocenters. The summed E-state index contributed by atoms with van der Waals surface area (Å²) >= 11 is 3.40. The lowest BCUT2D eigenvalue weighted by Crippen LogP contribution is -2.29. The van der Waals surface area contributed by atoms with Crippen LogP contribution in [0.3, 0.4) is 0 Å². The molecule has 0 spiro atoms. The molecular weight excluding hydrogens is 344 g/mol. The summed E-state index contributed by atoms with van der Waals surface area (Å²) in [5.41, 5.74) is 1.91. The second kappa shape index (κ2) is 8.56. The van der Waals surface area contributed by atoms with Gasteiger partial charge in [-0.1, -0.05) is 30.3 Å². The van der Waals surface area contributed by atoms with Crippen molar-refractivity contribution in [1.29, 1.82) is 0 Å². The van der Waals surface area contributed by atoms with Gasteiger partial charge in [0.2, 0.25) is 5.91 Å². The van der Waals surface area contributed by atoms with Crippen molar-refractivity contribution in [1.82, 2.24) is 5.32 Å². The third kappa shape index (κ3) is 4.86. The molecule has 0 heterocycles. The standard InChI is InChI=1S/C17H19BrN2O2/c1-22-16-9-5-2-6-13(16)10-11-19-12-17(21)20-15-8-4-3-7-14(15)18/h2-9,19H,10-12H2,1H3,(H,20,21). The third-order valence-corrected chi connectivity index (χ3v) is 3.89. The van der Waals surface area contributed by atoms with E-state index >= 15 is 0 Å². The molecule has 22 heavy (non-hydrogen) atoms. The van der Waals surface area contributed by atoms with Crippen LogP contribution in [0.1, 0.15) is 5.56 Å². The van der Waals surface area contributed by atoms with Crippen LogP contribution in [0.5, 0.6) is 5.75 Å². The largest absolute Gasteiger partial charge is 0.496 e. The van der Waals surface area contributed by atoms with Crippen molar-refractivity contribution in [2.45, 2.75) is 6.42 Å². The Labute approximate surface area is 139 Å². The van der Waals surface area contributed by atoms with Crippen molar-refractivity contribution in [2.75, 3.05) is 25.5 Å². The number of ether oxygens (including phenoxy) is 1. The Balaban J connectivity index is 1.75. The number of rotatable bonds is 7. The summed E-state index contributed by atoms with van der Waals surface area (Å²) in [5, 5.41) is 6.00. The Morgan fingerprint density at radius 3 is 2.64 bits per heavy atom. The van der Waals surface area contributed by atoms with Crippen LogP contribution in [0.25, 0.3) is 0 Å². The van der Waals surface area contributed by atoms with Gasteiger partial charge in [0.25, 0.3) is 0 Å². The van der Waals surface area contributed by atoms with E-state index in [9.17, 15) is 4.79 Å². The number of para-hydroxylation sites is 2. The fourth-order valence-corrected chi connectivity index (χ4v) is 2.48. The molecule has 0 saturated carbocycles. The second-order valence-corrected chi connectivity index (χ2v) is 5.62. The van der Waals surface area contributed by atoms with E-state index in [1.165, 1.54) is 0 Å². The molecule has 0 fully saturated rings. The average molecular weight is 363 g/mol. The van der Waals surface area contributed by atoms with E-state index in [0.717, 1.165) is 27.9 Å². The molecule has 0 bridgehead atoms. The lowest BCUT2D eigenvalue weighted by molar-refractivity contribution is -0.115. The minimum Gasteiger partial charge on any atom is -0.496 e. The molecule has 0 aliphatic carbocycles. The summed E-state index contributed by atoms with van der Waals surface area (Å²) in [6, 6.07) is 15.4. The molecular formula is C17H19BrN2O2. The number of hydrogen-bond acceptors (Lipinski definition) is 3. The monoisotopic (exact) mass is 362 g/mol. The summed E-state index contributed by atoms with van der Waals surface area (Å²) in [7, 11) is 1.66. The van der Waals surface area contributed by atoms with Crippen LogP contribution < -0.4 is 15.4 Å². The maximum absolute atomic E-state index is 11.9. The van der Waals surface area contributed by atoms with E-state index in [1.54, 1.807) is 7.11 Å². The number of amides is 1. The maximum Gasteiger partial charge on any atom is 0.238 e. The third-order valence-electron chi connectivity index (χ3n) is 3.20. The van der Waals surface area contributed by atoms with Crippen LogP contribution in [-0.2, 0) is 11.2 Å². The summed E-state index contributed by atoms with van der Waals surface area (Å²) in [6.45, 7) is 0.986. The van der Waals surface area contributed by atoms with Crippen molar-refractivity contribution in [2.24, 2.45) is 0 Å². The van der Waals surface area contributed by atoms with Gasteiger partial charge in [0.05, 0.1) is 19.3 Å². The van der Waals surface area contributed by atoms with Gasteiger partial charge in [-0.05, 0) is 52.7 Å². The molecule has 4 nitrogen and oxygen atoms in total. The smallest absolute Gasteiger partial charge is 0.238 e. The van der Waals surface area contributed by atoms with Crippen molar-refractivity contribution < 1.29 is 9.53 Å². The fraction of sp³-hybridized carbons (Fsp3) is 0.235. The average Bonchev–Trinajstić information content (AvgIpc) is 2.54. The lowest BCUT2D eigenvalue weighted by Gasteiger charge is -2.10. The van der Waals surface area contributed by atoms with Gasteiger partial charge in [-0.15, -0.1) is 0 Å². The predicted molar refractivity (Wildman–Crippen MR) is 92.3 cm³/mol. The first-order chi connectivity index (χ1) is 10.7. The van der Waals surface area contributed by atoms with E-state index < -0.39 is 0 Å². The Morgan fingerprint density at radius 2 is 1.86 bits per heavy atom. The van der Waals surface area contributed by atoms with Crippen LogP contribution in [-0.4, -0.2) is 26.1 Å². The van der Waals surface area contributed by atoms with Gasteiger partial charge in [-0.25, -0.2) is 0 Å². The van der Waals surface area contributed by atoms with Gasteiger partial charge in [-0.3, -0.25) is 4.79 Å². The van der Waals surface area contributed by atoms with E-state index in [2.05, 4.69) is 26.6 Å². The Hall–Kier alpha value is -1.85. The molecule has 2 rings (SSSR count). The maximum atomic E-state index is 11.9. The summed E-state index contributed by atoms with van der Waals surface area (Å²) in [4.78, 5) is 11.9. The first-order valence-electron chi connectivity index (χ1n) is 7.07. The Bertz CT molecular complexity index is 632. The molecule has 2 aromatic carbocycles. The minimum absolute atomic E-state index is 0.0630. The Kier molecular flexibility index (Phi) is 6.43. The molecule has 0 radical (unpaired) electrons. The van der Waals surface area contributed by atoms with Crippen LogP contribution >= 0.6 is 15.9 Å². The number of carbonyl (C=O) groups is 1. The summed E-state index contributed by atoms with van der Waals surface area (Å²) in [5.74, 6) is 0.814. The van der Waals surface area contributed by atoms with Crippen molar-refractivity contribution in [3.8, 4) is 5.75 Å². The zero-order valence-corrected chi connectivity index (χ0v) is 14.0. The zero-order chi connectivity index (χ0) is 15.8. The molecule has 0 atom stereocenters. The van der Waals surface area contributed by atoms with Crippen molar-refractivity contribution in [3.05, 3.63) is 58.6 Å². The Morgan fingerprint density at radius 1 is 1.14 bits per heavy atom. The zero-order valence-electron chi connectivity index (χ0n) is 12.4. The molecule has 2 N–H and O–H groups in total. The molecule has 1 amide bonds. The van der Waals surface area contributed by atoms with Crippen LogP contribution in [0.4, 0.5) is 5.69 Å². The van der Waals surface area contributed by atoms with Gasteiger partial charge in [-0.2, -0.15) is 0 Å². The van der Waals surface area contributed by atoms with Crippen molar-refractivity contribution >= 4 is 27.5 Å². The SMILES string of the molecule is COc1ccccc1CCNCC(=O)Nc1ccccc1Br. The van der Waals surface area contributed by atoms with Gasteiger partial charge in [0.1, 0.15) is 5.75 Å². The first kappa shape index (κ1) is 16.5. The van der Waals surface area contributed by atoms with E-state index in [1.807, 2.05) is 48.5 Å². The molecule has 116 valence electrons. The van der Waals surface area contributed by atoms with Crippen LogP contribution in [0, 0.1) is 0 Å². The number of nitrogens with one attached hydrogen (secondary N) is 2. The minimum atomic E-state index is -0.0630. The van der Waals surface area contributed by atoms with Gasteiger partial charge < -0.3 is 15.4 Å². The molecule has 0 saturated heterocycles. The topological polar surface area (TPSA) is 50.4 Å². The molecule has 0 aromatic heterocycles. The van der Waals surface area contributed by atoms with Gasteiger partial charge in [0.15, 0.2) is 0 Å². The molecule has 0 aliphatic heterocycles. The van der Waals surface area contributed by atoms with Gasteiger partial charge in [0, 0.05) is 4.47 Å².